The Labute approximate surface area is 117 Å². The van der Waals surface area contributed by atoms with Crippen molar-refractivity contribution in [3.05, 3.63) is 23.4 Å². The molecule has 0 fully saturated rings. The first-order valence-electron chi connectivity index (χ1n) is 5.91. The highest BCUT2D eigenvalue weighted by molar-refractivity contribution is 6.30. The summed E-state index contributed by atoms with van der Waals surface area (Å²) in [6.07, 6.45) is 1.54. The number of amides is 1. The van der Waals surface area contributed by atoms with Crippen molar-refractivity contribution in [2.45, 2.75) is 0 Å². The number of rotatable bonds is 8. The average molecular weight is 288 g/mol. The summed E-state index contributed by atoms with van der Waals surface area (Å²) in [6, 6.07) is 3.47. The van der Waals surface area contributed by atoms with Crippen molar-refractivity contribution in [2.75, 3.05) is 44.9 Å². The lowest BCUT2D eigenvalue weighted by Gasteiger charge is -2.17. The molecule has 6 nitrogen and oxygen atoms in total. The van der Waals surface area contributed by atoms with Crippen molar-refractivity contribution in [3.63, 3.8) is 0 Å². The second kappa shape index (κ2) is 8.68. The Balaban J connectivity index is 2.26. The molecule has 0 aliphatic rings. The van der Waals surface area contributed by atoms with Gasteiger partial charge in [0.1, 0.15) is 5.82 Å². The van der Waals surface area contributed by atoms with Crippen molar-refractivity contribution in [1.82, 2.24) is 10.3 Å². The van der Waals surface area contributed by atoms with Crippen molar-refractivity contribution in [2.24, 2.45) is 0 Å². The van der Waals surface area contributed by atoms with E-state index < -0.39 is 0 Å². The van der Waals surface area contributed by atoms with Gasteiger partial charge in [-0.3, -0.25) is 4.79 Å². The Hall–Kier alpha value is -1.37. The van der Waals surface area contributed by atoms with Crippen molar-refractivity contribution in [3.8, 4) is 0 Å². The van der Waals surface area contributed by atoms with E-state index >= 15 is 0 Å². The third-order valence-electron chi connectivity index (χ3n) is 2.29. The summed E-state index contributed by atoms with van der Waals surface area (Å²) in [4.78, 5) is 17.5. The molecule has 0 bridgehead atoms. The predicted molar refractivity (Wildman–Crippen MR) is 73.4 cm³/mol. The normalized spacial score (nSPS) is 10.3. The van der Waals surface area contributed by atoms with Crippen LogP contribution < -0.4 is 10.2 Å². The van der Waals surface area contributed by atoms with Crippen LogP contribution in [0.5, 0.6) is 0 Å². The predicted octanol–water partition coefficient (Wildman–Crippen LogP) is 0.296. The lowest BCUT2D eigenvalue weighted by molar-refractivity contribution is -0.120. The number of nitrogens with one attached hydrogen (secondary N) is 1. The number of hydrogen-bond acceptors (Lipinski definition) is 5. The Morgan fingerprint density at radius 3 is 2.95 bits per heavy atom. The van der Waals surface area contributed by atoms with Gasteiger partial charge in [-0.1, -0.05) is 11.6 Å². The van der Waals surface area contributed by atoms with Crippen LogP contribution in [0.1, 0.15) is 0 Å². The quantitative estimate of drug-likeness (QED) is 0.673. The number of nitrogens with zero attached hydrogens (tertiary/aromatic N) is 2. The summed E-state index contributed by atoms with van der Waals surface area (Å²) >= 11 is 5.74. The summed E-state index contributed by atoms with van der Waals surface area (Å²) < 4.78 is 5.03. The number of ether oxygens (including phenoxy) is 1. The fourth-order valence-electron chi connectivity index (χ4n) is 1.38. The van der Waals surface area contributed by atoms with Gasteiger partial charge in [0, 0.05) is 19.8 Å². The van der Waals surface area contributed by atoms with E-state index in [4.69, 9.17) is 21.4 Å². The van der Waals surface area contributed by atoms with E-state index in [9.17, 15) is 4.79 Å². The van der Waals surface area contributed by atoms with E-state index in [1.807, 2.05) is 0 Å². The maximum absolute atomic E-state index is 11.6. The maximum atomic E-state index is 11.6. The molecule has 0 saturated carbocycles. The Kier molecular flexibility index (Phi) is 7.17. The molecule has 19 heavy (non-hydrogen) atoms. The van der Waals surface area contributed by atoms with Crippen LogP contribution in [0.15, 0.2) is 18.3 Å². The van der Waals surface area contributed by atoms with Crippen molar-refractivity contribution in [1.29, 1.82) is 0 Å². The highest BCUT2D eigenvalue weighted by Gasteiger charge is 2.07. The highest BCUT2D eigenvalue weighted by Crippen LogP contribution is 2.12. The topological polar surface area (TPSA) is 74.7 Å². The molecule has 1 rings (SSSR count). The van der Waals surface area contributed by atoms with Gasteiger partial charge in [0.15, 0.2) is 0 Å². The molecule has 0 aliphatic heterocycles. The minimum atomic E-state index is -0.119. The molecule has 2 N–H and O–H groups in total. The molecule has 1 aromatic rings. The minimum absolute atomic E-state index is 0.0150. The lowest BCUT2D eigenvalue weighted by atomic mass is 10.4. The third-order valence-corrected chi connectivity index (χ3v) is 2.51. The molecule has 0 aromatic carbocycles. The molecule has 1 aromatic heterocycles. The summed E-state index contributed by atoms with van der Waals surface area (Å²) in [7, 11) is 1.78. The number of hydrogen-bond donors (Lipinski definition) is 2. The molecule has 0 spiro atoms. The van der Waals surface area contributed by atoms with Gasteiger partial charge in [0.2, 0.25) is 5.91 Å². The van der Waals surface area contributed by atoms with Gasteiger partial charge in [-0.25, -0.2) is 4.98 Å². The van der Waals surface area contributed by atoms with E-state index in [2.05, 4.69) is 10.3 Å². The standard InChI is InChI=1S/C12H18ClN3O3/c1-16(11-3-2-10(13)8-15-11)9-12(18)14-4-6-19-7-5-17/h2-3,8,17H,4-7,9H2,1H3,(H,14,18). The van der Waals surface area contributed by atoms with Gasteiger partial charge in [0.25, 0.3) is 0 Å². The number of aromatic nitrogens is 1. The number of anilines is 1. The van der Waals surface area contributed by atoms with Crippen LogP contribution in [0.3, 0.4) is 0 Å². The number of pyridine rings is 1. The van der Waals surface area contributed by atoms with E-state index in [0.717, 1.165) is 0 Å². The van der Waals surface area contributed by atoms with Gasteiger partial charge in [-0.2, -0.15) is 0 Å². The molecule has 0 aliphatic carbocycles. The largest absolute Gasteiger partial charge is 0.394 e. The van der Waals surface area contributed by atoms with Crippen LogP contribution in [0.2, 0.25) is 5.02 Å². The summed E-state index contributed by atoms with van der Waals surface area (Å²) in [6.45, 7) is 1.27. The van der Waals surface area contributed by atoms with Gasteiger partial charge in [-0.15, -0.1) is 0 Å². The second-order valence-corrected chi connectivity index (χ2v) is 4.31. The number of aliphatic hydroxyl groups excluding tert-OH is 1. The van der Waals surface area contributed by atoms with Crippen LogP contribution >= 0.6 is 11.6 Å². The smallest absolute Gasteiger partial charge is 0.239 e. The van der Waals surface area contributed by atoms with Gasteiger partial charge in [0.05, 0.1) is 31.4 Å². The first kappa shape index (κ1) is 15.7. The fraction of sp³-hybridized carbons (Fsp3) is 0.500. The van der Waals surface area contributed by atoms with Crippen molar-refractivity contribution < 1.29 is 14.6 Å². The summed E-state index contributed by atoms with van der Waals surface area (Å²) in [5, 5.41) is 11.8. The average Bonchev–Trinajstić information content (AvgIpc) is 2.39. The van der Waals surface area contributed by atoms with E-state index in [-0.39, 0.29) is 25.7 Å². The van der Waals surface area contributed by atoms with E-state index in [1.54, 1.807) is 24.1 Å². The third kappa shape index (κ3) is 6.37. The van der Waals surface area contributed by atoms with E-state index in [1.165, 1.54) is 6.20 Å². The summed E-state index contributed by atoms with van der Waals surface area (Å²) in [5.74, 6) is 0.558. The molecule has 106 valence electrons. The molecule has 0 saturated heterocycles. The SMILES string of the molecule is CN(CC(=O)NCCOCCO)c1ccc(Cl)cn1. The second-order valence-electron chi connectivity index (χ2n) is 3.88. The first-order valence-corrected chi connectivity index (χ1v) is 6.29. The van der Waals surface area contributed by atoms with Crippen LogP contribution in [0.4, 0.5) is 5.82 Å². The Bertz CT molecular complexity index is 386. The van der Waals surface area contributed by atoms with Crippen LogP contribution in [-0.2, 0) is 9.53 Å². The molecular formula is C12H18ClN3O3. The van der Waals surface area contributed by atoms with Crippen LogP contribution in [-0.4, -0.2) is 56.0 Å². The highest BCUT2D eigenvalue weighted by atomic mass is 35.5. The molecule has 0 atom stereocenters. The molecule has 7 heteroatoms. The number of likely N-dealkylation sites (N-methyl/N-ethyl adjacent to an activating group) is 1. The molecule has 0 unspecified atom stereocenters. The molecule has 1 amide bonds. The van der Waals surface area contributed by atoms with Gasteiger partial charge < -0.3 is 20.1 Å². The lowest BCUT2D eigenvalue weighted by Crippen LogP contribution is -2.37. The Morgan fingerprint density at radius 1 is 1.53 bits per heavy atom. The summed E-state index contributed by atoms with van der Waals surface area (Å²) in [5.41, 5.74) is 0. The number of halogens is 1. The zero-order valence-electron chi connectivity index (χ0n) is 10.8. The number of aliphatic hydroxyl groups is 1. The molecule has 1 heterocycles. The number of carbonyl (C=O) groups is 1. The number of carbonyl (C=O) groups excluding carboxylic acids is 1. The monoisotopic (exact) mass is 287 g/mol. The van der Waals surface area contributed by atoms with Gasteiger partial charge in [-0.05, 0) is 12.1 Å². The molecular weight excluding hydrogens is 270 g/mol. The van der Waals surface area contributed by atoms with Crippen LogP contribution in [0.25, 0.3) is 0 Å². The minimum Gasteiger partial charge on any atom is -0.394 e. The first-order chi connectivity index (χ1) is 9.13. The van der Waals surface area contributed by atoms with E-state index in [0.29, 0.717) is 24.0 Å². The maximum Gasteiger partial charge on any atom is 0.239 e. The van der Waals surface area contributed by atoms with Gasteiger partial charge >= 0.3 is 0 Å². The molecule has 0 radical (unpaired) electrons. The Morgan fingerprint density at radius 2 is 2.32 bits per heavy atom. The zero-order valence-corrected chi connectivity index (χ0v) is 11.6. The van der Waals surface area contributed by atoms with Crippen molar-refractivity contribution >= 4 is 23.3 Å². The fourth-order valence-corrected chi connectivity index (χ4v) is 1.49. The zero-order chi connectivity index (χ0) is 14.1. The van der Waals surface area contributed by atoms with Crippen LogP contribution in [0, 0.1) is 0 Å².